The number of nitrogens with zero attached hydrogens (tertiary/aromatic N) is 1. The van der Waals surface area contributed by atoms with E-state index < -0.39 is 5.79 Å². The molecule has 8 heteroatoms. The topological polar surface area (TPSA) is 90.9 Å². The molecule has 0 bridgehead atoms. The Bertz CT molecular complexity index is 1260. The Morgan fingerprint density at radius 1 is 1.11 bits per heavy atom. The van der Waals surface area contributed by atoms with Crippen LogP contribution in [-0.4, -0.2) is 42.2 Å². The summed E-state index contributed by atoms with van der Waals surface area (Å²) in [7, 11) is 0. The number of hydrogen-bond donors (Lipinski definition) is 2. The van der Waals surface area contributed by atoms with E-state index in [1.165, 1.54) is 0 Å². The van der Waals surface area contributed by atoms with Crippen LogP contribution in [0.25, 0.3) is 10.9 Å². The van der Waals surface area contributed by atoms with Crippen molar-refractivity contribution >= 4 is 22.6 Å². The van der Waals surface area contributed by atoms with Gasteiger partial charge in [0.15, 0.2) is 5.79 Å². The average molecular weight is 478 g/mol. The second-order valence-corrected chi connectivity index (χ2v) is 9.66. The fraction of sp³-hybridized carbons (Fsp3) is 0.407. The minimum atomic E-state index is -0.574. The first-order chi connectivity index (χ1) is 16.8. The number of amides is 2. The largest absolute Gasteiger partial charge is 0.490 e. The number of anilines is 1. The third-order valence-corrected chi connectivity index (χ3v) is 6.08. The Kier molecular flexibility index (Phi) is 6.25. The summed E-state index contributed by atoms with van der Waals surface area (Å²) in [6.07, 6.45) is 3.71. The van der Waals surface area contributed by atoms with Gasteiger partial charge in [-0.1, -0.05) is 0 Å². The maximum atomic E-state index is 12.1. The number of carbonyl (C=O) groups is 1. The number of fused-ring (bicyclic) bond motifs is 1. The van der Waals surface area contributed by atoms with E-state index in [1.807, 2.05) is 64.1 Å². The molecule has 1 aliphatic heterocycles. The molecule has 2 aliphatic rings. The van der Waals surface area contributed by atoms with E-state index in [9.17, 15) is 4.79 Å². The monoisotopic (exact) mass is 477 g/mol. The van der Waals surface area contributed by atoms with Gasteiger partial charge in [-0.25, -0.2) is 4.79 Å². The molecule has 3 aromatic rings. The molecule has 1 aliphatic carbocycles. The first kappa shape index (κ1) is 23.4. The van der Waals surface area contributed by atoms with Crippen LogP contribution in [0.1, 0.15) is 37.8 Å². The van der Waals surface area contributed by atoms with Gasteiger partial charge in [-0.15, -0.1) is 0 Å². The molecule has 5 rings (SSSR count). The standard InChI is InChI=1S/C27H31N3O5/c1-16-11-19(7-8-22(16)30-26(31)29-18-5-6-18)34-24-9-10-28-23-13-25(17(2)12-21(23)24)32-14-20-15-33-27(3,4)35-20/h7-13,18,20H,5-6,14-15H2,1-4H3,(H2,29,30,31)/t20-/m1/s1. The van der Waals surface area contributed by atoms with Gasteiger partial charge >= 0.3 is 6.03 Å². The van der Waals surface area contributed by atoms with Crippen LogP contribution in [0.15, 0.2) is 42.6 Å². The molecule has 2 amide bonds. The summed E-state index contributed by atoms with van der Waals surface area (Å²) in [5.41, 5.74) is 3.43. The Labute approximate surface area is 204 Å². The summed E-state index contributed by atoms with van der Waals surface area (Å²) in [5, 5.41) is 6.73. The van der Waals surface area contributed by atoms with Crippen LogP contribution in [0.4, 0.5) is 10.5 Å². The maximum Gasteiger partial charge on any atom is 0.319 e. The van der Waals surface area contributed by atoms with E-state index in [4.69, 9.17) is 18.9 Å². The molecule has 35 heavy (non-hydrogen) atoms. The molecule has 2 fully saturated rings. The van der Waals surface area contributed by atoms with E-state index in [0.29, 0.717) is 30.8 Å². The second-order valence-electron chi connectivity index (χ2n) is 9.66. The summed E-state index contributed by atoms with van der Waals surface area (Å²) in [6, 6.07) is 11.5. The highest BCUT2D eigenvalue weighted by Gasteiger charge is 2.33. The first-order valence-electron chi connectivity index (χ1n) is 12.0. The highest BCUT2D eigenvalue weighted by atomic mass is 16.7. The quantitative estimate of drug-likeness (QED) is 0.470. The van der Waals surface area contributed by atoms with Gasteiger partial charge in [0.05, 0.1) is 12.1 Å². The van der Waals surface area contributed by atoms with Crippen LogP contribution in [0.5, 0.6) is 17.2 Å². The number of benzene rings is 2. The number of aryl methyl sites for hydroxylation is 2. The number of hydrogen-bond acceptors (Lipinski definition) is 6. The molecule has 2 heterocycles. The highest BCUT2D eigenvalue weighted by Crippen LogP contribution is 2.34. The zero-order valence-electron chi connectivity index (χ0n) is 20.5. The summed E-state index contributed by atoms with van der Waals surface area (Å²) in [5.74, 6) is 1.56. The van der Waals surface area contributed by atoms with E-state index >= 15 is 0 Å². The van der Waals surface area contributed by atoms with E-state index in [1.54, 1.807) is 6.20 Å². The SMILES string of the molecule is Cc1cc(Oc2ccnc3cc(OC[C@@H]4COC(C)(C)O4)c(C)cc23)ccc1NC(=O)NC1CC1. The smallest absolute Gasteiger partial charge is 0.319 e. The lowest BCUT2D eigenvalue weighted by Crippen LogP contribution is -2.30. The molecule has 184 valence electrons. The van der Waals surface area contributed by atoms with Crippen LogP contribution in [0.3, 0.4) is 0 Å². The van der Waals surface area contributed by atoms with Crippen molar-refractivity contribution in [2.45, 2.75) is 58.5 Å². The van der Waals surface area contributed by atoms with Gasteiger partial charge in [-0.05, 0) is 82.0 Å². The minimum absolute atomic E-state index is 0.108. The molecule has 8 nitrogen and oxygen atoms in total. The number of rotatable bonds is 7. The zero-order chi connectivity index (χ0) is 24.6. The lowest BCUT2D eigenvalue weighted by atomic mass is 10.1. The van der Waals surface area contributed by atoms with Crippen molar-refractivity contribution in [1.82, 2.24) is 10.3 Å². The molecule has 2 aromatic carbocycles. The molecule has 0 radical (unpaired) electrons. The van der Waals surface area contributed by atoms with E-state index in [2.05, 4.69) is 15.6 Å². The lowest BCUT2D eigenvalue weighted by molar-refractivity contribution is -0.141. The van der Waals surface area contributed by atoms with Crippen LogP contribution in [-0.2, 0) is 9.47 Å². The number of carbonyl (C=O) groups excluding carboxylic acids is 1. The van der Waals surface area contributed by atoms with E-state index in [-0.39, 0.29) is 12.1 Å². The number of pyridine rings is 1. The molecule has 0 unspecified atom stereocenters. The Morgan fingerprint density at radius 2 is 1.94 bits per heavy atom. The van der Waals surface area contributed by atoms with Gasteiger partial charge in [0.25, 0.3) is 0 Å². The van der Waals surface area contributed by atoms with Gasteiger partial charge in [0.2, 0.25) is 0 Å². The van der Waals surface area contributed by atoms with Crippen LogP contribution in [0, 0.1) is 13.8 Å². The molecular formula is C27H31N3O5. The van der Waals surface area contributed by atoms with Crippen LogP contribution < -0.4 is 20.1 Å². The van der Waals surface area contributed by atoms with Gasteiger partial charge in [-0.3, -0.25) is 4.98 Å². The molecule has 1 saturated carbocycles. The maximum absolute atomic E-state index is 12.1. The third-order valence-electron chi connectivity index (χ3n) is 6.08. The predicted molar refractivity (Wildman–Crippen MR) is 133 cm³/mol. The number of aromatic nitrogens is 1. The molecule has 2 N–H and O–H groups in total. The molecular weight excluding hydrogens is 446 g/mol. The van der Waals surface area contributed by atoms with Crippen LogP contribution >= 0.6 is 0 Å². The third kappa shape index (κ3) is 5.66. The van der Waals surface area contributed by atoms with Crippen LogP contribution in [0.2, 0.25) is 0 Å². The van der Waals surface area contributed by atoms with Crippen molar-refractivity contribution in [3.05, 3.63) is 53.7 Å². The van der Waals surface area contributed by atoms with Crippen molar-refractivity contribution in [3.8, 4) is 17.2 Å². The molecule has 1 aromatic heterocycles. The zero-order valence-corrected chi connectivity index (χ0v) is 20.5. The number of ether oxygens (including phenoxy) is 4. The fourth-order valence-electron chi connectivity index (χ4n) is 4.07. The normalized spacial score (nSPS) is 18.9. The number of urea groups is 1. The van der Waals surface area contributed by atoms with Gasteiger partial charge in [0, 0.05) is 29.4 Å². The van der Waals surface area contributed by atoms with Gasteiger partial charge in [-0.2, -0.15) is 0 Å². The number of nitrogens with one attached hydrogen (secondary N) is 2. The van der Waals surface area contributed by atoms with Crippen molar-refractivity contribution in [2.75, 3.05) is 18.5 Å². The van der Waals surface area contributed by atoms with Crippen molar-refractivity contribution < 1.29 is 23.7 Å². The Morgan fingerprint density at radius 3 is 2.66 bits per heavy atom. The summed E-state index contributed by atoms with van der Waals surface area (Å²) < 4.78 is 23.7. The van der Waals surface area contributed by atoms with Crippen molar-refractivity contribution in [2.24, 2.45) is 0 Å². The first-order valence-corrected chi connectivity index (χ1v) is 12.0. The second kappa shape index (κ2) is 9.36. The molecule has 0 spiro atoms. The fourth-order valence-corrected chi connectivity index (χ4v) is 4.07. The molecule has 1 saturated heterocycles. The van der Waals surface area contributed by atoms with Gasteiger partial charge in [0.1, 0.15) is 30.0 Å². The minimum Gasteiger partial charge on any atom is -0.490 e. The Hall–Kier alpha value is -3.36. The highest BCUT2D eigenvalue weighted by molar-refractivity contribution is 5.90. The predicted octanol–water partition coefficient (Wildman–Crippen LogP) is 5.46. The molecule has 1 atom stereocenters. The summed E-state index contributed by atoms with van der Waals surface area (Å²) in [4.78, 5) is 16.6. The average Bonchev–Trinajstić information content (AvgIpc) is 3.54. The van der Waals surface area contributed by atoms with Crippen molar-refractivity contribution in [3.63, 3.8) is 0 Å². The summed E-state index contributed by atoms with van der Waals surface area (Å²) >= 11 is 0. The lowest BCUT2D eigenvalue weighted by Gasteiger charge is -2.18. The van der Waals surface area contributed by atoms with E-state index in [0.717, 1.165) is 46.3 Å². The summed E-state index contributed by atoms with van der Waals surface area (Å²) in [6.45, 7) is 8.66. The Balaban J connectivity index is 1.29. The van der Waals surface area contributed by atoms with Crippen molar-refractivity contribution in [1.29, 1.82) is 0 Å². The van der Waals surface area contributed by atoms with Gasteiger partial charge < -0.3 is 29.6 Å².